The van der Waals surface area contributed by atoms with Crippen molar-refractivity contribution in [2.75, 3.05) is 6.61 Å². The molecule has 162 valence electrons. The largest absolute Gasteiger partial charge is 0.489 e. The van der Waals surface area contributed by atoms with Gasteiger partial charge >= 0.3 is 5.97 Å². The summed E-state index contributed by atoms with van der Waals surface area (Å²) in [6.07, 6.45) is 0.00401. The first-order valence-corrected chi connectivity index (χ1v) is 9.87. The molecule has 0 aliphatic carbocycles. The number of nitrogens with zero attached hydrogens (tertiary/aromatic N) is 1. The maximum atomic E-state index is 14.1. The Kier molecular flexibility index (Phi) is 7.55. The first-order chi connectivity index (χ1) is 15.4. The van der Waals surface area contributed by atoms with Crippen molar-refractivity contribution in [2.24, 2.45) is 0 Å². The summed E-state index contributed by atoms with van der Waals surface area (Å²) in [5.74, 6) is -0.501. The molecule has 6 nitrogen and oxygen atoms in total. The van der Waals surface area contributed by atoms with E-state index in [1.807, 2.05) is 18.2 Å². The Labute approximate surface area is 185 Å². The summed E-state index contributed by atoms with van der Waals surface area (Å²) in [6, 6.07) is 20.4. The number of carbonyl (C=O) groups is 1. The lowest BCUT2D eigenvalue weighted by Crippen LogP contribution is -2.11. The van der Waals surface area contributed by atoms with E-state index in [0.29, 0.717) is 33.9 Å². The summed E-state index contributed by atoms with van der Waals surface area (Å²) in [6.45, 7) is 0.324. The zero-order valence-corrected chi connectivity index (χ0v) is 17.2. The van der Waals surface area contributed by atoms with Gasteiger partial charge in [0, 0.05) is 12.5 Å². The van der Waals surface area contributed by atoms with E-state index in [9.17, 15) is 9.18 Å². The molecule has 0 atom stereocenters. The highest BCUT2D eigenvalue weighted by molar-refractivity contribution is 5.99. The first kappa shape index (κ1) is 22.5. The van der Waals surface area contributed by atoms with Crippen molar-refractivity contribution in [2.45, 2.75) is 19.4 Å². The Balaban J connectivity index is 1.49. The predicted molar refractivity (Wildman–Crippen MR) is 117 cm³/mol. The molecule has 7 heteroatoms. The first-order valence-electron chi connectivity index (χ1n) is 9.87. The van der Waals surface area contributed by atoms with Crippen molar-refractivity contribution in [1.29, 1.82) is 10.7 Å². The quantitative estimate of drug-likeness (QED) is 0.451. The number of nitrogens with one attached hydrogen (secondary N) is 1. The molecule has 0 fully saturated rings. The minimum Gasteiger partial charge on any atom is -0.489 e. The molecule has 0 bridgehead atoms. The average molecular weight is 432 g/mol. The van der Waals surface area contributed by atoms with Gasteiger partial charge in [-0.1, -0.05) is 30.3 Å². The van der Waals surface area contributed by atoms with Gasteiger partial charge in [-0.15, -0.1) is 0 Å². The van der Waals surface area contributed by atoms with Gasteiger partial charge in [-0.3, -0.25) is 4.79 Å². The van der Waals surface area contributed by atoms with Gasteiger partial charge in [-0.25, -0.2) is 4.39 Å². The SMILES string of the molecule is N#Cc1ccc(C(=N)COc2ccc(COc3ccc(CCC(=O)O)c(F)c3)cc2)cc1. The van der Waals surface area contributed by atoms with Crippen LogP contribution in [-0.4, -0.2) is 23.4 Å². The number of nitriles is 1. The lowest BCUT2D eigenvalue weighted by Gasteiger charge is -2.10. The molecule has 0 saturated carbocycles. The lowest BCUT2D eigenvalue weighted by atomic mass is 10.1. The van der Waals surface area contributed by atoms with E-state index in [2.05, 4.69) is 0 Å². The van der Waals surface area contributed by atoms with Crippen LogP contribution in [0.4, 0.5) is 4.39 Å². The van der Waals surface area contributed by atoms with Crippen molar-refractivity contribution < 1.29 is 23.8 Å². The fourth-order valence-corrected chi connectivity index (χ4v) is 2.90. The number of carboxylic acids is 1. The van der Waals surface area contributed by atoms with Gasteiger partial charge in [0.1, 0.15) is 30.5 Å². The van der Waals surface area contributed by atoms with Crippen molar-refractivity contribution in [3.63, 3.8) is 0 Å². The van der Waals surface area contributed by atoms with Gasteiger partial charge in [0.15, 0.2) is 0 Å². The smallest absolute Gasteiger partial charge is 0.303 e. The molecule has 32 heavy (non-hydrogen) atoms. The summed E-state index contributed by atoms with van der Waals surface area (Å²) in [5, 5.41) is 25.6. The summed E-state index contributed by atoms with van der Waals surface area (Å²) >= 11 is 0. The van der Waals surface area contributed by atoms with E-state index in [1.165, 1.54) is 12.1 Å². The molecule has 3 rings (SSSR count). The van der Waals surface area contributed by atoms with E-state index in [1.54, 1.807) is 42.5 Å². The highest BCUT2D eigenvalue weighted by Gasteiger charge is 2.08. The number of hydrogen-bond donors (Lipinski definition) is 2. The van der Waals surface area contributed by atoms with Crippen LogP contribution in [0.25, 0.3) is 0 Å². The van der Waals surface area contributed by atoms with Gasteiger partial charge in [0.2, 0.25) is 0 Å². The summed E-state index contributed by atoms with van der Waals surface area (Å²) in [7, 11) is 0. The van der Waals surface area contributed by atoms with Crippen LogP contribution < -0.4 is 9.47 Å². The van der Waals surface area contributed by atoms with E-state index in [0.717, 1.165) is 5.56 Å². The molecule has 0 aliphatic heterocycles. The standard InChI is InChI=1S/C25H21FN2O4/c26-23-13-22(11-7-19(23)8-12-25(29)30)31-15-18-3-9-21(10-4-18)32-16-24(28)20-5-1-17(14-27)2-6-20/h1-7,9-11,13,28H,8,12,15-16H2,(H,29,30). The Morgan fingerprint density at radius 2 is 1.69 bits per heavy atom. The van der Waals surface area contributed by atoms with Crippen LogP contribution in [0.15, 0.2) is 66.7 Å². The molecule has 0 spiro atoms. The number of aliphatic carboxylic acids is 1. The molecular weight excluding hydrogens is 411 g/mol. The molecule has 0 aromatic heterocycles. The van der Waals surface area contributed by atoms with Gasteiger partial charge in [-0.05, 0) is 53.4 Å². The number of carboxylic acid groups (broad SMARTS) is 1. The summed E-state index contributed by atoms with van der Waals surface area (Å²) < 4.78 is 25.3. The molecule has 0 unspecified atom stereocenters. The van der Waals surface area contributed by atoms with Crippen LogP contribution in [0.2, 0.25) is 0 Å². The number of aryl methyl sites for hydroxylation is 1. The Bertz CT molecular complexity index is 1140. The van der Waals surface area contributed by atoms with Crippen molar-refractivity contribution in [3.8, 4) is 17.6 Å². The van der Waals surface area contributed by atoms with E-state index in [4.69, 9.17) is 25.3 Å². The number of hydrogen-bond acceptors (Lipinski definition) is 5. The van der Waals surface area contributed by atoms with Gasteiger partial charge in [0.25, 0.3) is 0 Å². The van der Waals surface area contributed by atoms with Crippen molar-refractivity contribution >= 4 is 11.7 Å². The summed E-state index contributed by atoms with van der Waals surface area (Å²) in [4.78, 5) is 10.6. The van der Waals surface area contributed by atoms with Gasteiger partial charge < -0.3 is 20.0 Å². The fourth-order valence-electron chi connectivity index (χ4n) is 2.90. The van der Waals surface area contributed by atoms with Crippen LogP contribution in [0.5, 0.6) is 11.5 Å². The molecule has 0 heterocycles. The molecule has 0 radical (unpaired) electrons. The Morgan fingerprint density at radius 1 is 1.00 bits per heavy atom. The minimum atomic E-state index is -0.969. The number of ether oxygens (including phenoxy) is 2. The zero-order valence-electron chi connectivity index (χ0n) is 17.2. The highest BCUT2D eigenvalue weighted by atomic mass is 19.1. The number of benzene rings is 3. The second-order valence-electron chi connectivity index (χ2n) is 7.04. The van der Waals surface area contributed by atoms with Crippen molar-refractivity contribution in [1.82, 2.24) is 0 Å². The maximum Gasteiger partial charge on any atom is 0.303 e. The molecular formula is C25H21FN2O4. The second kappa shape index (κ2) is 10.7. The third-order valence-corrected chi connectivity index (χ3v) is 4.71. The maximum absolute atomic E-state index is 14.1. The molecule has 0 saturated heterocycles. The normalized spacial score (nSPS) is 10.2. The topological polar surface area (TPSA) is 103 Å². The van der Waals surface area contributed by atoms with Crippen LogP contribution in [0.1, 0.15) is 28.7 Å². The molecule has 0 aliphatic rings. The zero-order chi connectivity index (χ0) is 22.9. The van der Waals surface area contributed by atoms with Crippen LogP contribution >= 0.6 is 0 Å². The van der Waals surface area contributed by atoms with Crippen LogP contribution in [0.3, 0.4) is 0 Å². The van der Waals surface area contributed by atoms with Crippen LogP contribution in [0, 0.1) is 22.6 Å². The molecule has 3 aromatic rings. The molecule has 3 aromatic carbocycles. The molecule has 0 amide bonds. The second-order valence-corrected chi connectivity index (χ2v) is 7.04. The predicted octanol–water partition coefficient (Wildman–Crippen LogP) is 4.74. The van der Waals surface area contributed by atoms with E-state index < -0.39 is 11.8 Å². The summed E-state index contributed by atoms with van der Waals surface area (Å²) in [5.41, 5.74) is 2.73. The Hall–Kier alpha value is -4.18. The lowest BCUT2D eigenvalue weighted by molar-refractivity contribution is -0.136. The van der Waals surface area contributed by atoms with Gasteiger partial charge in [0.05, 0.1) is 17.3 Å². The van der Waals surface area contributed by atoms with Crippen molar-refractivity contribution in [3.05, 3.63) is 94.8 Å². The number of halogens is 1. The van der Waals surface area contributed by atoms with E-state index in [-0.39, 0.29) is 26.1 Å². The third-order valence-electron chi connectivity index (χ3n) is 4.71. The van der Waals surface area contributed by atoms with Gasteiger partial charge in [-0.2, -0.15) is 5.26 Å². The van der Waals surface area contributed by atoms with Crippen LogP contribution in [-0.2, 0) is 17.8 Å². The highest BCUT2D eigenvalue weighted by Crippen LogP contribution is 2.20. The number of rotatable bonds is 10. The average Bonchev–Trinajstić information content (AvgIpc) is 2.81. The monoisotopic (exact) mass is 432 g/mol. The Morgan fingerprint density at radius 3 is 2.31 bits per heavy atom. The van der Waals surface area contributed by atoms with E-state index >= 15 is 0 Å². The third kappa shape index (κ3) is 6.41. The molecule has 2 N–H and O–H groups in total. The fraction of sp³-hybridized carbons (Fsp3) is 0.160. The minimum absolute atomic E-state index is 0.0925.